The number of aromatic amines is 1. The van der Waals surface area contributed by atoms with Gasteiger partial charge in [0.1, 0.15) is 5.03 Å². The lowest BCUT2D eigenvalue weighted by atomic mass is 10.3. The largest absolute Gasteiger partial charge is 0.368 e. The molecular formula is C11H8BrN5S. The molecule has 90 valence electrons. The minimum absolute atomic E-state index is 0.247. The molecule has 1 aromatic carbocycles. The number of nitrogens with two attached hydrogens (primary N) is 1. The van der Waals surface area contributed by atoms with E-state index < -0.39 is 0 Å². The van der Waals surface area contributed by atoms with Crippen molar-refractivity contribution in [2.24, 2.45) is 0 Å². The summed E-state index contributed by atoms with van der Waals surface area (Å²) in [4.78, 5) is 15.7. The Morgan fingerprint density at radius 2 is 2.06 bits per heavy atom. The first-order valence-corrected chi connectivity index (χ1v) is 6.74. The predicted octanol–water partition coefficient (Wildman–Crippen LogP) is 2.85. The monoisotopic (exact) mass is 321 g/mol. The third-order valence-corrected chi connectivity index (χ3v) is 4.03. The van der Waals surface area contributed by atoms with Gasteiger partial charge in [0.15, 0.2) is 5.16 Å². The summed E-state index contributed by atoms with van der Waals surface area (Å²) < 4.78 is 0.794. The molecule has 0 aliphatic rings. The maximum absolute atomic E-state index is 5.57. The van der Waals surface area contributed by atoms with Crippen LogP contribution in [0.5, 0.6) is 0 Å². The van der Waals surface area contributed by atoms with Gasteiger partial charge in [0.2, 0.25) is 5.95 Å². The lowest BCUT2D eigenvalue weighted by Gasteiger charge is -2.00. The van der Waals surface area contributed by atoms with Crippen molar-refractivity contribution in [3.8, 4) is 0 Å². The maximum Gasteiger partial charge on any atom is 0.221 e. The molecule has 0 fully saturated rings. The van der Waals surface area contributed by atoms with Crippen LogP contribution < -0.4 is 5.73 Å². The van der Waals surface area contributed by atoms with Gasteiger partial charge < -0.3 is 10.7 Å². The van der Waals surface area contributed by atoms with Gasteiger partial charge in [0.25, 0.3) is 0 Å². The zero-order chi connectivity index (χ0) is 12.5. The van der Waals surface area contributed by atoms with Gasteiger partial charge in [-0.25, -0.2) is 15.0 Å². The van der Waals surface area contributed by atoms with Crippen LogP contribution in [-0.4, -0.2) is 19.9 Å². The first kappa shape index (κ1) is 11.5. The topological polar surface area (TPSA) is 80.5 Å². The molecule has 0 aliphatic carbocycles. The minimum atomic E-state index is 0.247. The Kier molecular flexibility index (Phi) is 2.92. The molecule has 0 atom stereocenters. The van der Waals surface area contributed by atoms with Crippen LogP contribution in [0.3, 0.4) is 0 Å². The van der Waals surface area contributed by atoms with E-state index in [9.17, 15) is 0 Å². The standard InChI is InChI=1S/C11H8BrN5S/c12-6-5-14-10(13)17-9(6)18-11-15-7-3-1-2-4-8(7)16-11/h1-5H,(H,15,16)(H2,13,14,17). The second-order valence-corrected chi connectivity index (χ2v) is 5.37. The van der Waals surface area contributed by atoms with Crippen molar-refractivity contribution in [3.05, 3.63) is 34.9 Å². The molecule has 3 N–H and O–H groups in total. The fourth-order valence-electron chi connectivity index (χ4n) is 1.51. The van der Waals surface area contributed by atoms with Gasteiger partial charge in [0, 0.05) is 6.20 Å². The summed E-state index contributed by atoms with van der Waals surface area (Å²) in [5, 5.41) is 1.51. The Morgan fingerprint density at radius 3 is 2.89 bits per heavy atom. The zero-order valence-corrected chi connectivity index (χ0v) is 11.5. The number of imidazole rings is 1. The van der Waals surface area contributed by atoms with Crippen LogP contribution in [0, 0.1) is 0 Å². The number of nitrogen functional groups attached to an aromatic ring is 1. The molecular weight excluding hydrogens is 314 g/mol. The normalized spacial score (nSPS) is 10.9. The Morgan fingerprint density at radius 1 is 1.22 bits per heavy atom. The molecule has 18 heavy (non-hydrogen) atoms. The van der Waals surface area contributed by atoms with Crippen molar-refractivity contribution in [2.75, 3.05) is 5.73 Å². The van der Waals surface area contributed by atoms with Gasteiger partial charge in [-0.1, -0.05) is 12.1 Å². The van der Waals surface area contributed by atoms with E-state index in [4.69, 9.17) is 5.73 Å². The van der Waals surface area contributed by atoms with Crippen molar-refractivity contribution < 1.29 is 0 Å². The summed E-state index contributed by atoms with van der Waals surface area (Å²) in [5.41, 5.74) is 7.50. The molecule has 0 saturated carbocycles. The fourth-order valence-corrected chi connectivity index (χ4v) is 2.72. The number of hydrogen-bond acceptors (Lipinski definition) is 5. The minimum Gasteiger partial charge on any atom is -0.368 e. The highest BCUT2D eigenvalue weighted by atomic mass is 79.9. The molecule has 0 unspecified atom stereocenters. The number of benzene rings is 1. The van der Waals surface area contributed by atoms with Gasteiger partial charge in [-0.2, -0.15) is 0 Å². The van der Waals surface area contributed by atoms with Crippen LogP contribution >= 0.6 is 27.7 Å². The van der Waals surface area contributed by atoms with E-state index in [0.29, 0.717) is 0 Å². The molecule has 0 aliphatic heterocycles. The molecule has 3 rings (SSSR count). The second-order valence-electron chi connectivity index (χ2n) is 3.54. The highest BCUT2D eigenvalue weighted by Gasteiger charge is 2.09. The second kappa shape index (κ2) is 4.58. The van der Waals surface area contributed by atoms with E-state index in [1.807, 2.05) is 24.3 Å². The summed E-state index contributed by atoms with van der Waals surface area (Å²) in [6, 6.07) is 7.86. The average molecular weight is 322 g/mol. The molecule has 3 aromatic rings. The van der Waals surface area contributed by atoms with Crippen LogP contribution in [0.2, 0.25) is 0 Å². The summed E-state index contributed by atoms with van der Waals surface area (Å²) >= 11 is 4.80. The van der Waals surface area contributed by atoms with Crippen molar-refractivity contribution in [1.29, 1.82) is 0 Å². The number of H-pyrrole nitrogens is 1. The number of halogens is 1. The molecule has 0 radical (unpaired) electrons. The fraction of sp³-hybridized carbons (Fsp3) is 0. The SMILES string of the molecule is Nc1ncc(Br)c(Sc2nc3ccccc3[nH]2)n1. The van der Waals surface area contributed by atoms with Gasteiger partial charge in [-0.05, 0) is 39.8 Å². The smallest absolute Gasteiger partial charge is 0.221 e. The van der Waals surface area contributed by atoms with Gasteiger partial charge >= 0.3 is 0 Å². The van der Waals surface area contributed by atoms with Crippen LogP contribution in [0.25, 0.3) is 11.0 Å². The first-order valence-electron chi connectivity index (χ1n) is 5.13. The quantitative estimate of drug-likeness (QED) is 0.709. The number of anilines is 1. The number of nitrogens with one attached hydrogen (secondary N) is 1. The molecule has 0 saturated heterocycles. The molecule has 5 nitrogen and oxygen atoms in total. The zero-order valence-electron chi connectivity index (χ0n) is 9.09. The van der Waals surface area contributed by atoms with Gasteiger partial charge in [-0.15, -0.1) is 0 Å². The van der Waals surface area contributed by atoms with Crippen molar-refractivity contribution in [3.63, 3.8) is 0 Å². The Bertz CT molecular complexity index is 678. The molecule has 0 amide bonds. The van der Waals surface area contributed by atoms with E-state index >= 15 is 0 Å². The molecule has 2 aromatic heterocycles. The summed E-state index contributed by atoms with van der Waals surface area (Å²) in [6.07, 6.45) is 1.63. The van der Waals surface area contributed by atoms with Gasteiger partial charge in [0.05, 0.1) is 15.5 Å². The van der Waals surface area contributed by atoms with Crippen molar-refractivity contribution in [1.82, 2.24) is 19.9 Å². The molecule has 7 heteroatoms. The van der Waals surface area contributed by atoms with Crippen molar-refractivity contribution >= 4 is 44.7 Å². The van der Waals surface area contributed by atoms with E-state index in [1.54, 1.807) is 6.20 Å². The Hall–Kier alpha value is -1.60. The van der Waals surface area contributed by atoms with E-state index in [2.05, 4.69) is 35.9 Å². The van der Waals surface area contributed by atoms with Crippen molar-refractivity contribution in [2.45, 2.75) is 10.2 Å². The number of rotatable bonds is 2. The lowest BCUT2D eigenvalue weighted by Crippen LogP contribution is -1.95. The third-order valence-electron chi connectivity index (χ3n) is 2.29. The highest BCUT2D eigenvalue weighted by Crippen LogP contribution is 2.31. The molecule has 2 heterocycles. The molecule has 0 bridgehead atoms. The summed E-state index contributed by atoms with van der Waals surface area (Å²) in [6.45, 7) is 0. The average Bonchev–Trinajstić information content (AvgIpc) is 2.76. The Balaban J connectivity index is 1.98. The molecule has 0 spiro atoms. The van der Waals surface area contributed by atoms with Crippen LogP contribution in [0.1, 0.15) is 0 Å². The number of nitrogens with zero attached hydrogens (tertiary/aromatic N) is 3. The van der Waals surface area contributed by atoms with Crippen LogP contribution in [0.15, 0.2) is 45.1 Å². The number of fused-ring (bicyclic) bond motifs is 1. The lowest BCUT2D eigenvalue weighted by molar-refractivity contribution is 1.02. The third kappa shape index (κ3) is 2.19. The predicted molar refractivity (Wildman–Crippen MR) is 74.4 cm³/mol. The number of hydrogen-bond donors (Lipinski definition) is 2. The summed E-state index contributed by atoms with van der Waals surface area (Å²) in [5.74, 6) is 0.247. The van der Waals surface area contributed by atoms with E-state index in [-0.39, 0.29) is 5.95 Å². The number of para-hydroxylation sites is 2. The van der Waals surface area contributed by atoms with E-state index in [1.165, 1.54) is 11.8 Å². The highest BCUT2D eigenvalue weighted by molar-refractivity contribution is 9.10. The van der Waals surface area contributed by atoms with Gasteiger partial charge in [-0.3, -0.25) is 0 Å². The Labute approximate surface area is 115 Å². The summed E-state index contributed by atoms with van der Waals surface area (Å²) in [7, 11) is 0. The number of aromatic nitrogens is 4. The first-order chi connectivity index (χ1) is 8.72. The van der Waals surface area contributed by atoms with E-state index in [0.717, 1.165) is 25.7 Å². The van der Waals surface area contributed by atoms with Crippen LogP contribution in [0.4, 0.5) is 5.95 Å². The maximum atomic E-state index is 5.57. The van der Waals surface area contributed by atoms with Crippen LogP contribution in [-0.2, 0) is 0 Å².